The van der Waals surface area contributed by atoms with Crippen LogP contribution in [0.25, 0.3) is 11.3 Å². The monoisotopic (exact) mass is 360 g/mol. The molecule has 0 spiro atoms. The molecule has 0 saturated carbocycles. The van der Waals surface area contributed by atoms with Crippen molar-refractivity contribution in [2.45, 2.75) is 25.4 Å². The highest BCUT2D eigenvalue weighted by atomic mass is 32.1. The molecular weight excluding hydrogens is 336 g/mol. The molecule has 6 nitrogen and oxygen atoms in total. The molecule has 25 heavy (non-hydrogen) atoms. The Bertz CT molecular complexity index is 738. The summed E-state index contributed by atoms with van der Waals surface area (Å²) in [6.45, 7) is 4.08. The Morgan fingerprint density at radius 3 is 2.88 bits per heavy atom. The van der Waals surface area contributed by atoms with E-state index in [0.717, 1.165) is 37.2 Å². The average molecular weight is 360 g/mol. The van der Waals surface area contributed by atoms with E-state index < -0.39 is 0 Å². The molecule has 1 amide bonds. The van der Waals surface area contributed by atoms with Crippen LogP contribution in [0.15, 0.2) is 29.6 Å². The molecule has 0 radical (unpaired) electrons. The largest absolute Gasteiger partial charge is 0.378 e. The van der Waals surface area contributed by atoms with Gasteiger partial charge < -0.3 is 20.7 Å². The van der Waals surface area contributed by atoms with Gasteiger partial charge in [-0.25, -0.2) is 4.98 Å². The molecule has 2 aromatic rings. The Morgan fingerprint density at radius 1 is 1.44 bits per heavy atom. The van der Waals surface area contributed by atoms with Gasteiger partial charge in [-0.1, -0.05) is 12.1 Å². The lowest BCUT2D eigenvalue weighted by Gasteiger charge is -2.39. The van der Waals surface area contributed by atoms with Crippen LogP contribution in [0.2, 0.25) is 0 Å². The Hall–Kier alpha value is -1.96. The van der Waals surface area contributed by atoms with Crippen LogP contribution in [-0.2, 0) is 9.53 Å². The minimum absolute atomic E-state index is 0.0148. The van der Waals surface area contributed by atoms with Gasteiger partial charge in [0.2, 0.25) is 5.91 Å². The molecule has 0 aliphatic carbocycles. The van der Waals surface area contributed by atoms with Crippen molar-refractivity contribution in [3.63, 3.8) is 0 Å². The highest BCUT2D eigenvalue weighted by Gasteiger charge is 2.29. The molecule has 3 N–H and O–H groups in total. The van der Waals surface area contributed by atoms with Gasteiger partial charge in [-0.2, -0.15) is 0 Å². The Balaban J connectivity index is 1.73. The van der Waals surface area contributed by atoms with E-state index in [0.29, 0.717) is 5.13 Å². The molecular formula is C18H24N4O2S. The average Bonchev–Trinajstić information content (AvgIpc) is 3.11. The molecule has 0 atom stereocenters. The van der Waals surface area contributed by atoms with E-state index >= 15 is 0 Å². The summed E-state index contributed by atoms with van der Waals surface area (Å²) in [4.78, 5) is 18.2. The van der Waals surface area contributed by atoms with Gasteiger partial charge in [0.15, 0.2) is 5.13 Å². The first-order valence-electron chi connectivity index (χ1n) is 8.39. The second-order valence-corrected chi connectivity index (χ2v) is 7.34. The van der Waals surface area contributed by atoms with Crippen molar-refractivity contribution in [2.24, 2.45) is 5.73 Å². The van der Waals surface area contributed by atoms with E-state index in [9.17, 15) is 4.79 Å². The topological polar surface area (TPSA) is 80.5 Å². The predicted octanol–water partition coefficient (Wildman–Crippen LogP) is 2.71. The zero-order chi connectivity index (χ0) is 17.9. The third-order valence-electron chi connectivity index (χ3n) is 4.76. The molecule has 1 saturated heterocycles. The van der Waals surface area contributed by atoms with Gasteiger partial charge in [-0.05, 0) is 31.9 Å². The number of nitrogens with two attached hydrogens (primary N) is 1. The smallest absolute Gasteiger partial charge is 0.239 e. The van der Waals surface area contributed by atoms with Crippen molar-refractivity contribution in [1.82, 2.24) is 4.98 Å². The van der Waals surface area contributed by atoms with Crippen molar-refractivity contribution >= 4 is 28.1 Å². The van der Waals surface area contributed by atoms with Gasteiger partial charge in [0.25, 0.3) is 0 Å². The fourth-order valence-electron chi connectivity index (χ4n) is 2.94. The van der Waals surface area contributed by atoms with E-state index in [1.54, 1.807) is 7.11 Å². The summed E-state index contributed by atoms with van der Waals surface area (Å²) >= 11 is 1.40. The Kier molecular flexibility index (Phi) is 5.36. The number of hydrogen-bond acceptors (Lipinski definition) is 6. The Morgan fingerprint density at radius 2 is 2.20 bits per heavy atom. The number of carbonyl (C=O) groups excluding carboxylic acids is 1. The maximum atomic E-state index is 11.4. The quantitative estimate of drug-likeness (QED) is 0.857. The third-order valence-corrected chi connectivity index (χ3v) is 5.51. The number of hydrogen-bond donors (Lipinski definition) is 2. The molecule has 2 heterocycles. The van der Waals surface area contributed by atoms with Crippen LogP contribution in [-0.4, -0.2) is 43.2 Å². The minimum Gasteiger partial charge on any atom is -0.378 e. The number of carbonyl (C=O) groups is 1. The number of rotatable bonds is 5. The number of anilines is 2. The second-order valence-electron chi connectivity index (χ2n) is 6.48. The van der Waals surface area contributed by atoms with Crippen LogP contribution in [0.5, 0.6) is 0 Å². The summed E-state index contributed by atoms with van der Waals surface area (Å²) in [5.74, 6) is -0.232. The van der Waals surface area contributed by atoms with Crippen molar-refractivity contribution < 1.29 is 9.53 Å². The third kappa shape index (κ3) is 4.18. The summed E-state index contributed by atoms with van der Waals surface area (Å²) in [5.41, 5.74) is 8.40. The van der Waals surface area contributed by atoms with Crippen LogP contribution < -0.4 is 16.0 Å². The van der Waals surface area contributed by atoms with Crippen molar-refractivity contribution in [3.8, 4) is 11.3 Å². The van der Waals surface area contributed by atoms with Gasteiger partial charge in [0, 0.05) is 36.8 Å². The maximum absolute atomic E-state index is 11.4. The number of methoxy groups -OCH3 is 1. The number of benzene rings is 1. The number of nitrogens with one attached hydrogen (secondary N) is 1. The number of nitrogens with zero attached hydrogens (tertiary/aromatic N) is 2. The standard InChI is InChI=1S/C18H24N4O2S/c1-18(24-2)6-8-22(9-7-18)14-5-3-4-13(10-14)15-12-25-17(20-15)21-16(23)11-19/h3-5,10,12H,6-9,11,19H2,1-2H3,(H,20,21,23). The molecule has 3 rings (SSSR count). The number of amides is 1. The lowest BCUT2D eigenvalue weighted by Crippen LogP contribution is -2.43. The highest BCUT2D eigenvalue weighted by molar-refractivity contribution is 7.14. The maximum Gasteiger partial charge on any atom is 0.239 e. The molecule has 1 aromatic heterocycles. The normalized spacial score (nSPS) is 16.7. The van der Waals surface area contributed by atoms with Gasteiger partial charge >= 0.3 is 0 Å². The molecule has 1 aliphatic rings. The first kappa shape index (κ1) is 17.8. The fraction of sp³-hybridized carbons (Fsp3) is 0.444. The van der Waals surface area contributed by atoms with Crippen LogP contribution in [0.1, 0.15) is 19.8 Å². The van der Waals surface area contributed by atoms with Crippen LogP contribution >= 0.6 is 11.3 Å². The first-order valence-corrected chi connectivity index (χ1v) is 9.27. The lowest BCUT2D eigenvalue weighted by atomic mass is 9.93. The SMILES string of the molecule is COC1(C)CCN(c2cccc(-c3csc(NC(=O)CN)n3)c2)CC1. The van der Waals surface area contributed by atoms with E-state index in [4.69, 9.17) is 10.5 Å². The van der Waals surface area contributed by atoms with E-state index in [1.807, 2.05) is 17.5 Å². The van der Waals surface area contributed by atoms with Crippen molar-refractivity contribution in [2.75, 3.05) is 37.0 Å². The molecule has 1 aromatic carbocycles. The molecule has 7 heteroatoms. The van der Waals surface area contributed by atoms with Gasteiger partial charge in [0.1, 0.15) is 0 Å². The van der Waals surface area contributed by atoms with E-state index in [2.05, 4.69) is 34.3 Å². The number of aromatic nitrogens is 1. The number of piperidine rings is 1. The summed E-state index contributed by atoms with van der Waals surface area (Å²) in [7, 11) is 1.79. The molecule has 1 aliphatic heterocycles. The first-order chi connectivity index (χ1) is 12.0. The number of ether oxygens (including phenoxy) is 1. The van der Waals surface area contributed by atoms with Crippen molar-refractivity contribution in [3.05, 3.63) is 29.6 Å². The van der Waals surface area contributed by atoms with E-state index in [1.165, 1.54) is 17.0 Å². The van der Waals surface area contributed by atoms with Gasteiger partial charge in [-0.15, -0.1) is 11.3 Å². The molecule has 0 bridgehead atoms. The second kappa shape index (κ2) is 7.51. The zero-order valence-corrected chi connectivity index (χ0v) is 15.4. The van der Waals surface area contributed by atoms with Gasteiger partial charge in [-0.3, -0.25) is 4.79 Å². The number of thiazole rings is 1. The molecule has 134 valence electrons. The van der Waals surface area contributed by atoms with Crippen LogP contribution in [0.3, 0.4) is 0 Å². The van der Waals surface area contributed by atoms with Crippen LogP contribution in [0.4, 0.5) is 10.8 Å². The fourth-order valence-corrected chi connectivity index (χ4v) is 3.67. The van der Waals surface area contributed by atoms with Gasteiger partial charge in [0.05, 0.1) is 17.8 Å². The Labute approximate surface area is 152 Å². The lowest BCUT2D eigenvalue weighted by molar-refractivity contribution is -0.114. The van der Waals surface area contributed by atoms with Crippen LogP contribution in [0, 0.1) is 0 Å². The van der Waals surface area contributed by atoms with E-state index in [-0.39, 0.29) is 18.1 Å². The summed E-state index contributed by atoms with van der Waals surface area (Å²) in [6.07, 6.45) is 2.03. The summed E-state index contributed by atoms with van der Waals surface area (Å²) < 4.78 is 5.62. The molecule has 0 unspecified atom stereocenters. The predicted molar refractivity (Wildman–Crippen MR) is 102 cm³/mol. The summed E-state index contributed by atoms with van der Waals surface area (Å²) in [6, 6.07) is 8.37. The van der Waals surface area contributed by atoms with Crippen molar-refractivity contribution in [1.29, 1.82) is 0 Å². The highest BCUT2D eigenvalue weighted by Crippen LogP contribution is 2.31. The molecule has 1 fully saturated rings. The minimum atomic E-state index is -0.232. The summed E-state index contributed by atoms with van der Waals surface area (Å²) in [5, 5.41) is 5.22. The zero-order valence-electron chi connectivity index (χ0n) is 14.6.